The summed E-state index contributed by atoms with van der Waals surface area (Å²) in [6.45, 7) is -0.132. The van der Waals surface area contributed by atoms with Gasteiger partial charge in [-0.25, -0.2) is 8.42 Å². The molecule has 132 valence electrons. The van der Waals surface area contributed by atoms with E-state index in [9.17, 15) is 13.2 Å². The molecule has 0 fully saturated rings. The summed E-state index contributed by atoms with van der Waals surface area (Å²) in [6.07, 6.45) is 0.0662. The lowest BCUT2D eigenvalue weighted by Gasteiger charge is -2.33. The number of hydrogen-bond donors (Lipinski definition) is 1. The van der Waals surface area contributed by atoms with E-state index >= 15 is 0 Å². The van der Waals surface area contributed by atoms with Gasteiger partial charge in [0.1, 0.15) is 5.75 Å². The molecule has 1 atom stereocenters. The summed E-state index contributed by atoms with van der Waals surface area (Å²) >= 11 is 11.9. The van der Waals surface area contributed by atoms with Crippen molar-refractivity contribution in [2.75, 3.05) is 22.4 Å². The van der Waals surface area contributed by atoms with Gasteiger partial charge in [-0.3, -0.25) is 9.10 Å². The van der Waals surface area contributed by atoms with Crippen LogP contribution in [0.5, 0.6) is 5.75 Å². The lowest BCUT2D eigenvalue weighted by atomic mass is 10.2. The quantitative estimate of drug-likeness (QED) is 0.858. The molecule has 1 heterocycles. The number of benzene rings is 2. The predicted octanol–water partition coefficient (Wildman–Crippen LogP) is 3.16. The standard InChI is InChI=1S/C16H14Cl2N2O4S/c1-25(22,23)20-9-15(24-14-5-3-2-4-13(14)20)16(21)19-12-7-6-10(17)8-11(12)18/h2-8,15H,9H2,1H3,(H,19,21). The summed E-state index contributed by atoms with van der Waals surface area (Å²) < 4.78 is 31.0. The van der Waals surface area contributed by atoms with Crippen molar-refractivity contribution >= 4 is 50.5 Å². The lowest BCUT2D eigenvalue weighted by molar-refractivity contribution is -0.122. The number of carbonyl (C=O) groups is 1. The van der Waals surface area contributed by atoms with Gasteiger partial charge in [-0.15, -0.1) is 0 Å². The van der Waals surface area contributed by atoms with Crippen LogP contribution < -0.4 is 14.4 Å². The molecule has 1 unspecified atom stereocenters. The Labute approximate surface area is 155 Å². The monoisotopic (exact) mass is 400 g/mol. The summed E-state index contributed by atoms with van der Waals surface area (Å²) in [4.78, 5) is 12.5. The van der Waals surface area contributed by atoms with Crippen LogP contribution in [0.4, 0.5) is 11.4 Å². The van der Waals surface area contributed by atoms with Crippen LogP contribution in [-0.4, -0.2) is 33.2 Å². The molecular weight excluding hydrogens is 387 g/mol. The molecule has 1 N–H and O–H groups in total. The second-order valence-corrected chi connectivity index (χ2v) is 8.23. The van der Waals surface area contributed by atoms with Crippen molar-refractivity contribution in [2.45, 2.75) is 6.10 Å². The fourth-order valence-corrected chi connectivity index (χ4v) is 3.83. The molecule has 1 aliphatic heterocycles. The predicted molar refractivity (Wildman–Crippen MR) is 98.1 cm³/mol. The number of carbonyl (C=O) groups excluding carboxylic acids is 1. The number of ether oxygens (including phenoxy) is 1. The van der Waals surface area contributed by atoms with Gasteiger partial charge in [-0.1, -0.05) is 35.3 Å². The van der Waals surface area contributed by atoms with E-state index in [-0.39, 0.29) is 11.6 Å². The molecule has 0 bridgehead atoms. The van der Waals surface area contributed by atoms with Gasteiger partial charge in [-0.2, -0.15) is 0 Å². The Hall–Kier alpha value is -1.96. The molecule has 0 radical (unpaired) electrons. The van der Waals surface area contributed by atoms with E-state index in [1.54, 1.807) is 36.4 Å². The zero-order chi connectivity index (χ0) is 18.2. The molecule has 2 aromatic rings. The maximum Gasteiger partial charge on any atom is 0.267 e. The minimum Gasteiger partial charge on any atom is -0.476 e. The van der Waals surface area contributed by atoms with Crippen molar-refractivity contribution in [3.63, 3.8) is 0 Å². The first kappa shape index (κ1) is 17.8. The summed E-state index contributed by atoms with van der Waals surface area (Å²) in [6, 6.07) is 11.3. The van der Waals surface area contributed by atoms with E-state index in [0.29, 0.717) is 22.1 Å². The topological polar surface area (TPSA) is 75.7 Å². The molecule has 2 aromatic carbocycles. The number of rotatable bonds is 3. The van der Waals surface area contributed by atoms with Gasteiger partial charge in [-0.05, 0) is 30.3 Å². The molecule has 1 amide bonds. The summed E-state index contributed by atoms with van der Waals surface area (Å²) in [7, 11) is -3.56. The highest BCUT2D eigenvalue weighted by molar-refractivity contribution is 7.92. The summed E-state index contributed by atoms with van der Waals surface area (Å²) in [5, 5.41) is 3.35. The molecule has 1 aliphatic rings. The molecule has 0 aromatic heterocycles. The first-order chi connectivity index (χ1) is 11.8. The fraction of sp³-hybridized carbons (Fsp3) is 0.188. The van der Waals surface area contributed by atoms with E-state index in [4.69, 9.17) is 27.9 Å². The molecule has 6 nitrogen and oxygen atoms in total. The first-order valence-corrected chi connectivity index (χ1v) is 9.85. The Balaban J connectivity index is 1.87. The third-order valence-corrected chi connectivity index (χ3v) is 5.31. The van der Waals surface area contributed by atoms with Crippen LogP contribution in [0.2, 0.25) is 10.0 Å². The molecular formula is C16H14Cl2N2O4S. The highest BCUT2D eigenvalue weighted by atomic mass is 35.5. The first-order valence-electron chi connectivity index (χ1n) is 7.25. The average Bonchev–Trinajstić information content (AvgIpc) is 2.55. The third-order valence-electron chi connectivity index (χ3n) is 3.62. The Morgan fingerprint density at radius 2 is 1.96 bits per heavy atom. The summed E-state index contributed by atoms with van der Waals surface area (Å²) in [5.41, 5.74) is 0.767. The minimum absolute atomic E-state index is 0.132. The second kappa shape index (κ2) is 6.74. The maximum absolute atomic E-state index is 12.5. The van der Waals surface area contributed by atoms with E-state index in [1.165, 1.54) is 6.07 Å². The highest BCUT2D eigenvalue weighted by Crippen LogP contribution is 2.35. The number of nitrogens with zero attached hydrogens (tertiary/aromatic N) is 1. The van der Waals surface area contributed by atoms with E-state index in [0.717, 1.165) is 10.6 Å². The van der Waals surface area contributed by atoms with E-state index < -0.39 is 22.0 Å². The van der Waals surface area contributed by atoms with Crippen molar-refractivity contribution in [3.05, 3.63) is 52.5 Å². The normalized spacial score (nSPS) is 16.8. The molecule has 0 saturated carbocycles. The van der Waals surface area contributed by atoms with Crippen LogP contribution in [0.3, 0.4) is 0 Å². The molecule has 3 rings (SSSR count). The smallest absolute Gasteiger partial charge is 0.267 e. The zero-order valence-electron chi connectivity index (χ0n) is 13.1. The molecule has 0 saturated heterocycles. The van der Waals surface area contributed by atoms with Crippen LogP contribution in [0.15, 0.2) is 42.5 Å². The number of para-hydroxylation sites is 2. The number of sulfonamides is 1. The zero-order valence-corrected chi connectivity index (χ0v) is 15.4. The number of halogens is 2. The van der Waals surface area contributed by atoms with Gasteiger partial charge in [0.15, 0.2) is 6.10 Å². The largest absolute Gasteiger partial charge is 0.476 e. The minimum atomic E-state index is -3.56. The second-order valence-electron chi connectivity index (χ2n) is 5.48. The maximum atomic E-state index is 12.5. The number of fused-ring (bicyclic) bond motifs is 1. The van der Waals surface area contributed by atoms with E-state index in [1.807, 2.05) is 0 Å². The molecule has 0 aliphatic carbocycles. The highest BCUT2D eigenvalue weighted by Gasteiger charge is 2.35. The van der Waals surface area contributed by atoms with E-state index in [2.05, 4.69) is 5.32 Å². The average molecular weight is 401 g/mol. The Morgan fingerprint density at radius 1 is 1.24 bits per heavy atom. The number of anilines is 2. The van der Waals surface area contributed by atoms with Crippen molar-refractivity contribution < 1.29 is 17.9 Å². The van der Waals surface area contributed by atoms with Crippen molar-refractivity contribution in [1.29, 1.82) is 0 Å². The summed E-state index contributed by atoms with van der Waals surface area (Å²) in [5.74, 6) is -0.186. The van der Waals surface area contributed by atoms with Gasteiger partial charge in [0.2, 0.25) is 10.0 Å². The van der Waals surface area contributed by atoms with Gasteiger partial charge >= 0.3 is 0 Å². The van der Waals surface area contributed by atoms with Crippen molar-refractivity contribution in [1.82, 2.24) is 0 Å². The van der Waals surface area contributed by atoms with Gasteiger partial charge in [0.05, 0.1) is 29.2 Å². The van der Waals surface area contributed by atoms with Crippen LogP contribution in [0, 0.1) is 0 Å². The molecule has 9 heteroatoms. The van der Waals surface area contributed by atoms with Crippen LogP contribution >= 0.6 is 23.2 Å². The Kier molecular flexibility index (Phi) is 4.81. The number of amides is 1. The van der Waals surface area contributed by atoms with Gasteiger partial charge in [0.25, 0.3) is 5.91 Å². The number of hydrogen-bond acceptors (Lipinski definition) is 4. The molecule has 0 spiro atoms. The number of nitrogens with one attached hydrogen (secondary N) is 1. The lowest BCUT2D eigenvalue weighted by Crippen LogP contribution is -2.48. The van der Waals surface area contributed by atoms with Crippen LogP contribution in [0.25, 0.3) is 0 Å². The van der Waals surface area contributed by atoms with Gasteiger partial charge in [0, 0.05) is 5.02 Å². The van der Waals surface area contributed by atoms with Gasteiger partial charge < -0.3 is 10.1 Å². The third kappa shape index (κ3) is 3.84. The Morgan fingerprint density at radius 3 is 2.64 bits per heavy atom. The van der Waals surface area contributed by atoms with Crippen molar-refractivity contribution in [3.8, 4) is 5.75 Å². The molecule has 25 heavy (non-hydrogen) atoms. The van der Waals surface area contributed by atoms with Crippen LogP contribution in [0.1, 0.15) is 0 Å². The SMILES string of the molecule is CS(=O)(=O)N1CC(C(=O)Nc2ccc(Cl)cc2Cl)Oc2ccccc21. The van der Waals surface area contributed by atoms with Crippen molar-refractivity contribution in [2.24, 2.45) is 0 Å². The Bertz CT molecular complexity index is 933. The fourth-order valence-electron chi connectivity index (χ4n) is 2.46. The van der Waals surface area contributed by atoms with Crippen LogP contribution in [-0.2, 0) is 14.8 Å².